The van der Waals surface area contributed by atoms with Gasteiger partial charge in [-0.25, -0.2) is 13.2 Å². The van der Waals surface area contributed by atoms with Crippen molar-refractivity contribution >= 4 is 0 Å². The molecule has 0 aromatic carbocycles. The Morgan fingerprint density at radius 1 is 0.857 bits per heavy atom. The first-order chi connectivity index (χ1) is 6.08. The van der Waals surface area contributed by atoms with Crippen LogP contribution in [0.15, 0.2) is 0 Å². The van der Waals surface area contributed by atoms with E-state index < -0.39 is 24.7 Å². The third kappa shape index (κ3) is 3.40. The molecule has 0 aliphatic rings. The summed E-state index contributed by atoms with van der Waals surface area (Å²) < 4.78 is 92.1. The lowest BCUT2D eigenvalue weighted by Crippen LogP contribution is -2.35. The minimum atomic E-state index is -6.00. The summed E-state index contributed by atoms with van der Waals surface area (Å²) in [7, 11) is 0. The Bertz CT molecular complexity index is 241. The maximum atomic E-state index is 11.8. The molecule has 0 rings (SSSR count). The van der Waals surface area contributed by atoms with Gasteiger partial charge in [-0.05, 0) is 5.92 Å². The molecule has 0 nitrogen and oxygen atoms in total. The van der Waals surface area contributed by atoms with Crippen molar-refractivity contribution in [3.8, 4) is 11.8 Å². The van der Waals surface area contributed by atoms with E-state index in [1.807, 2.05) is 0 Å². The molecule has 8 heteroatoms. The maximum absolute atomic E-state index is 11.8. The summed E-state index contributed by atoms with van der Waals surface area (Å²) >= 11 is 0. The van der Waals surface area contributed by atoms with Crippen LogP contribution in [0.2, 0.25) is 0 Å². The topological polar surface area (TPSA) is 0 Å². The van der Waals surface area contributed by atoms with Gasteiger partial charge in [-0.15, -0.1) is 0 Å². The number of rotatable bonds is 1. The first-order valence-corrected chi connectivity index (χ1v) is 2.97. The van der Waals surface area contributed by atoms with Crippen molar-refractivity contribution in [3.05, 3.63) is 0 Å². The van der Waals surface area contributed by atoms with Gasteiger partial charge < -0.3 is 0 Å². The highest BCUT2D eigenvalue weighted by Gasteiger charge is 2.56. The molecule has 0 saturated heterocycles. The maximum Gasteiger partial charge on any atom is 0.466 e. The second kappa shape index (κ2) is 4.02. The summed E-state index contributed by atoms with van der Waals surface area (Å²) in [6, 6.07) is 0. The van der Waals surface area contributed by atoms with Crippen molar-refractivity contribution in [2.75, 3.05) is 0 Å². The molecule has 0 heterocycles. The van der Waals surface area contributed by atoms with Crippen LogP contribution in [0.5, 0.6) is 0 Å². The van der Waals surface area contributed by atoms with E-state index in [9.17, 15) is 35.1 Å². The second-order valence-corrected chi connectivity index (χ2v) is 2.08. The Labute approximate surface area is 72.9 Å². The van der Waals surface area contributed by atoms with Gasteiger partial charge in [0.05, 0.1) is 0 Å². The predicted molar refractivity (Wildman–Crippen MR) is 29.7 cm³/mol. The van der Waals surface area contributed by atoms with Gasteiger partial charge in [0.2, 0.25) is 6.17 Å². The molecule has 0 aliphatic carbocycles. The van der Waals surface area contributed by atoms with E-state index in [0.29, 0.717) is 5.92 Å². The molecular formula is C6H2F8. The molecule has 1 atom stereocenters. The molecule has 82 valence electrons. The normalized spacial score (nSPS) is 14.9. The van der Waals surface area contributed by atoms with Crippen LogP contribution in [0.3, 0.4) is 0 Å². The van der Waals surface area contributed by atoms with Gasteiger partial charge in [0.1, 0.15) is 0 Å². The number of hydrogen-bond acceptors (Lipinski definition) is 0. The Morgan fingerprint density at radius 2 is 1.29 bits per heavy atom. The van der Waals surface area contributed by atoms with E-state index in [0.717, 1.165) is 0 Å². The molecule has 0 aromatic heterocycles. The summed E-state index contributed by atoms with van der Waals surface area (Å²) in [6.07, 6.45) is -13.0. The minimum absolute atomic E-state index is 0.117. The molecule has 0 spiro atoms. The average Bonchev–Trinajstić information content (AvgIpc) is 1.97. The van der Waals surface area contributed by atoms with Gasteiger partial charge in [-0.1, -0.05) is 5.92 Å². The van der Waals surface area contributed by atoms with E-state index in [1.54, 1.807) is 0 Å². The minimum Gasteiger partial charge on any atom is -0.227 e. The van der Waals surface area contributed by atoms with Gasteiger partial charge in [-0.2, -0.15) is 22.0 Å². The number of halogens is 8. The van der Waals surface area contributed by atoms with Crippen molar-refractivity contribution in [3.63, 3.8) is 0 Å². The number of alkyl halides is 8. The summed E-state index contributed by atoms with van der Waals surface area (Å²) in [5.41, 5.74) is 0. The first kappa shape index (κ1) is 13.0. The lowest BCUT2D eigenvalue weighted by atomic mass is 10.3. The molecule has 0 bridgehead atoms. The average molecular weight is 226 g/mol. The SMILES string of the molecule is FC(F)C(F)C#CC(F)(F)C(F)(F)F. The third-order valence-electron chi connectivity index (χ3n) is 0.944. The van der Waals surface area contributed by atoms with Crippen LogP contribution in [0.25, 0.3) is 0 Å². The Balaban J connectivity index is 4.65. The summed E-state index contributed by atoms with van der Waals surface area (Å²) in [6.45, 7) is 0. The van der Waals surface area contributed by atoms with Crippen LogP contribution in [-0.2, 0) is 0 Å². The molecule has 0 radical (unpaired) electrons. The standard InChI is InChI=1S/C6H2F8/c7-3(4(8)9)1-2-5(10,11)6(12,13)14/h3-4H. The van der Waals surface area contributed by atoms with E-state index in [1.165, 1.54) is 0 Å². The summed E-state index contributed by atoms with van der Waals surface area (Å²) in [5.74, 6) is -4.87. The van der Waals surface area contributed by atoms with Crippen molar-refractivity contribution < 1.29 is 35.1 Å². The quantitative estimate of drug-likeness (QED) is 0.476. The summed E-state index contributed by atoms with van der Waals surface area (Å²) in [5, 5.41) is 0. The zero-order valence-corrected chi connectivity index (χ0v) is 6.18. The van der Waals surface area contributed by atoms with Crippen molar-refractivity contribution in [2.24, 2.45) is 0 Å². The largest absolute Gasteiger partial charge is 0.466 e. The van der Waals surface area contributed by atoms with Crippen LogP contribution < -0.4 is 0 Å². The molecule has 0 aromatic rings. The number of hydrogen-bond donors (Lipinski definition) is 0. The van der Waals surface area contributed by atoms with Gasteiger partial charge in [0, 0.05) is 0 Å². The van der Waals surface area contributed by atoms with Gasteiger partial charge in [0.15, 0.2) is 0 Å². The van der Waals surface area contributed by atoms with Gasteiger partial charge in [0.25, 0.3) is 6.43 Å². The van der Waals surface area contributed by atoms with Crippen LogP contribution >= 0.6 is 0 Å². The van der Waals surface area contributed by atoms with Crippen LogP contribution in [0, 0.1) is 11.8 Å². The molecule has 0 saturated carbocycles. The molecule has 0 fully saturated rings. The highest BCUT2D eigenvalue weighted by molar-refractivity contribution is 5.15. The second-order valence-electron chi connectivity index (χ2n) is 2.08. The zero-order chi connectivity index (χ0) is 11.6. The van der Waals surface area contributed by atoms with E-state index in [4.69, 9.17) is 0 Å². The van der Waals surface area contributed by atoms with Crippen LogP contribution in [0.1, 0.15) is 0 Å². The smallest absolute Gasteiger partial charge is 0.227 e. The molecule has 14 heavy (non-hydrogen) atoms. The fraction of sp³-hybridized carbons (Fsp3) is 0.667. The van der Waals surface area contributed by atoms with Gasteiger partial charge in [-0.3, -0.25) is 0 Å². The van der Waals surface area contributed by atoms with Gasteiger partial charge >= 0.3 is 12.1 Å². The first-order valence-electron chi connectivity index (χ1n) is 2.97. The Hall–Kier alpha value is -1.00. The third-order valence-corrected chi connectivity index (χ3v) is 0.944. The fourth-order valence-corrected chi connectivity index (χ4v) is 0.293. The van der Waals surface area contributed by atoms with Crippen molar-refractivity contribution in [1.29, 1.82) is 0 Å². The van der Waals surface area contributed by atoms with E-state index in [2.05, 4.69) is 0 Å². The van der Waals surface area contributed by atoms with E-state index >= 15 is 0 Å². The Kier molecular flexibility index (Phi) is 3.73. The molecule has 0 N–H and O–H groups in total. The molecule has 1 unspecified atom stereocenters. The van der Waals surface area contributed by atoms with Crippen molar-refractivity contribution in [2.45, 2.75) is 24.7 Å². The van der Waals surface area contributed by atoms with Crippen LogP contribution in [0.4, 0.5) is 35.1 Å². The lowest BCUT2D eigenvalue weighted by molar-refractivity contribution is -0.254. The van der Waals surface area contributed by atoms with Crippen molar-refractivity contribution in [1.82, 2.24) is 0 Å². The molecular weight excluding hydrogens is 224 g/mol. The molecule has 0 aliphatic heterocycles. The summed E-state index contributed by atoms with van der Waals surface area (Å²) in [4.78, 5) is 0. The fourth-order valence-electron chi connectivity index (χ4n) is 0.293. The molecule has 0 amide bonds. The predicted octanol–water partition coefficient (Wildman–Crippen LogP) is 2.79. The van der Waals surface area contributed by atoms with E-state index in [-0.39, 0.29) is 5.92 Å². The highest BCUT2D eigenvalue weighted by atomic mass is 19.4. The van der Waals surface area contributed by atoms with Crippen LogP contribution in [-0.4, -0.2) is 24.7 Å². The lowest BCUT2D eigenvalue weighted by Gasteiger charge is -2.12. The monoisotopic (exact) mass is 226 g/mol. The highest BCUT2D eigenvalue weighted by Crippen LogP contribution is 2.34. The Morgan fingerprint density at radius 3 is 1.57 bits per heavy atom. The zero-order valence-electron chi connectivity index (χ0n) is 6.18.